The van der Waals surface area contributed by atoms with Gasteiger partial charge in [0.2, 0.25) is 5.78 Å². The van der Waals surface area contributed by atoms with Crippen LogP contribution in [0.2, 0.25) is 0 Å². The summed E-state index contributed by atoms with van der Waals surface area (Å²) >= 11 is 0. The van der Waals surface area contributed by atoms with E-state index in [1.54, 1.807) is 0 Å². The Balaban J connectivity index is -0.000000162. The largest absolute Gasteiger partial charge is 0.481 e. The Hall–Kier alpha value is -1.96. The fourth-order valence-electron chi connectivity index (χ4n) is 0. The van der Waals surface area contributed by atoms with E-state index < -0.39 is 29.8 Å². The van der Waals surface area contributed by atoms with Gasteiger partial charge in [0.05, 0.1) is 0 Å². The van der Waals surface area contributed by atoms with Crippen molar-refractivity contribution < 1.29 is 39.6 Å². The molecule has 0 aliphatic rings. The summed E-state index contributed by atoms with van der Waals surface area (Å²) in [5.74, 6) is -4.22. The van der Waals surface area contributed by atoms with Gasteiger partial charge in [-0.3, -0.25) is 9.59 Å². The van der Waals surface area contributed by atoms with Crippen LogP contribution in [0.15, 0.2) is 0 Å². The Morgan fingerprint density at radius 1 is 0.938 bits per heavy atom. The molecule has 0 aliphatic heterocycles. The zero-order chi connectivity index (χ0) is 13.9. The molecule has 4 N–H and O–H groups in total. The van der Waals surface area contributed by atoms with Crippen molar-refractivity contribution in [3.8, 4) is 0 Å². The first-order chi connectivity index (χ1) is 7.02. The molecule has 0 fully saturated rings. The molecule has 16 heavy (non-hydrogen) atoms. The van der Waals surface area contributed by atoms with Crippen LogP contribution in [0.4, 0.5) is 0 Å². The number of aliphatic hydroxyl groups excluding tert-OH is 1. The van der Waals surface area contributed by atoms with E-state index in [0.717, 1.165) is 13.8 Å². The number of Topliss-reactive ketones (excluding diaryl/α,β-unsaturated/α-hetero) is 1. The van der Waals surface area contributed by atoms with Crippen molar-refractivity contribution in [1.82, 2.24) is 0 Å². The summed E-state index contributed by atoms with van der Waals surface area (Å²) in [7, 11) is 0. The summed E-state index contributed by atoms with van der Waals surface area (Å²) in [6.07, 6.45) is -1.23. The minimum Gasteiger partial charge on any atom is -0.481 e. The lowest BCUT2D eigenvalue weighted by molar-refractivity contribution is -0.148. The molecule has 0 saturated heterocycles. The second-order valence-electron chi connectivity index (χ2n) is 2.39. The van der Waals surface area contributed by atoms with Gasteiger partial charge in [-0.2, -0.15) is 0 Å². The van der Waals surface area contributed by atoms with E-state index in [4.69, 9.17) is 25.2 Å². The summed E-state index contributed by atoms with van der Waals surface area (Å²) in [5.41, 5.74) is 0. The van der Waals surface area contributed by atoms with Gasteiger partial charge < -0.3 is 20.4 Å². The molecule has 0 spiro atoms. The zero-order valence-electron chi connectivity index (χ0n) is 9.00. The Kier molecular flexibility index (Phi) is 13.6. The van der Waals surface area contributed by atoms with Gasteiger partial charge in [-0.1, -0.05) is 0 Å². The van der Waals surface area contributed by atoms with Crippen LogP contribution in [0.5, 0.6) is 0 Å². The topological polar surface area (TPSA) is 149 Å². The second kappa shape index (κ2) is 11.1. The highest BCUT2D eigenvalue weighted by molar-refractivity contribution is 6.31. The molecular formula is C8H14O8. The third kappa shape index (κ3) is 40.2. The first-order valence-electron chi connectivity index (χ1n) is 3.86. The van der Waals surface area contributed by atoms with Crippen LogP contribution in [0, 0.1) is 0 Å². The molecule has 0 aromatic rings. The van der Waals surface area contributed by atoms with Crippen molar-refractivity contribution in [3.63, 3.8) is 0 Å². The van der Waals surface area contributed by atoms with Gasteiger partial charge in [-0.25, -0.2) is 9.59 Å². The summed E-state index contributed by atoms with van der Waals surface area (Å²) in [6, 6.07) is 0. The monoisotopic (exact) mass is 238 g/mol. The fourth-order valence-corrected chi connectivity index (χ4v) is 0. The number of aliphatic hydroxyl groups is 1. The lowest BCUT2D eigenvalue weighted by Crippen LogP contribution is -2.13. The zero-order valence-corrected chi connectivity index (χ0v) is 9.00. The van der Waals surface area contributed by atoms with E-state index in [0.29, 0.717) is 0 Å². The predicted molar refractivity (Wildman–Crippen MR) is 50.9 cm³/mol. The summed E-state index contributed by atoms with van der Waals surface area (Å²) in [4.78, 5) is 37.3. The number of aliphatic carboxylic acids is 3. The Morgan fingerprint density at radius 3 is 1.06 bits per heavy atom. The maximum atomic E-state index is 9.54. The standard InChI is InChI=1S/C3H6O3.C3H4O3.C2H4O2/c2*1-2(4)3(5)6;1-2(3)4/h2,4H,1H3,(H,5,6);1H3,(H,5,6);1H3,(H,3,4). The van der Waals surface area contributed by atoms with Gasteiger partial charge in [0, 0.05) is 13.8 Å². The van der Waals surface area contributed by atoms with E-state index in [1.165, 1.54) is 6.92 Å². The highest BCUT2D eigenvalue weighted by Gasteiger charge is 2.01. The molecule has 0 aliphatic carbocycles. The van der Waals surface area contributed by atoms with Gasteiger partial charge in [0.1, 0.15) is 6.10 Å². The number of hydrogen-bond acceptors (Lipinski definition) is 5. The summed E-state index contributed by atoms with van der Waals surface area (Å²) in [6.45, 7) is 3.28. The number of ketones is 1. The van der Waals surface area contributed by atoms with Crippen molar-refractivity contribution in [2.45, 2.75) is 26.9 Å². The molecule has 0 aromatic heterocycles. The normalized spacial score (nSPS) is 9.50. The third-order valence-corrected chi connectivity index (χ3v) is 0.659. The maximum absolute atomic E-state index is 9.54. The molecule has 1 unspecified atom stereocenters. The summed E-state index contributed by atoms with van der Waals surface area (Å²) in [5, 5.41) is 30.8. The van der Waals surface area contributed by atoms with Crippen LogP contribution in [0.1, 0.15) is 20.8 Å². The number of carbonyl (C=O) groups excluding carboxylic acids is 1. The molecule has 0 bridgehead atoms. The number of hydrogen-bond donors (Lipinski definition) is 4. The second-order valence-corrected chi connectivity index (χ2v) is 2.39. The summed E-state index contributed by atoms with van der Waals surface area (Å²) < 4.78 is 0. The van der Waals surface area contributed by atoms with Crippen molar-refractivity contribution in [1.29, 1.82) is 0 Å². The molecule has 0 rings (SSSR count). The average Bonchev–Trinajstić information content (AvgIpc) is 2.03. The molecule has 8 heteroatoms. The molecule has 0 amide bonds. The number of carboxylic acid groups (broad SMARTS) is 3. The number of carbonyl (C=O) groups is 4. The quantitative estimate of drug-likeness (QED) is 0.457. The van der Waals surface area contributed by atoms with Crippen LogP contribution in [0.3, 0.4) is 0 Å². The molecule has 0 radical (unpaired) electrons. The van der Waals surface area contributed by atoms with Gasteiger partial charge in [0.15, 0.2) is 0 Å². The SMILES string of the molecule is CC(=O)C(=O)O.CC(=O)O.CC(O)C(=O)O. The Bertz CT molecular complexity index is 239. The average molecular weight is 238 g/mol. The van der Waals surface area contributed by atoms with Crippen molar-refractivity contribution >= 4 is 23.7 Å². The lowest BCUT2D eigenvalue weighted by atomic mass is 10.4. The van der Waals surface area contributed by atoms with Gasteiger partial charge in [-0.05, 0) is 6.92 Å². The van der Waals surface area contributed by atoms with Crippen molar-refractivity contribution in [2.24, 2.45) is 0 Å². The van der Waals surface area contributed by atoms with Gasteiger partial charge >= 0.3 is 11.9 Å². The van der Waals surface area contributed by atoms with E-state index in [2.05, 4.69) is 0 Å². The molecular weight excluding hydrogens is 224 g/mol. The molecule has 0 aromatic carbocycles. The molecule has 8 nitrogen and oxygen atoms in total. The van der Waals surface area contributed by atoms with Crippen LogP contribution in [-0.4, -0.2) is 50.2 Å². The Labute approximate surface area is 91.1 Å². The van der Waals surface area contributed by atoms with E-state index in [1.807, 2.05) is 0 Å². The lowest BCUT2D eigenvalue weighted by Gasteiger charge is -1.89. The van der Waals surface area contributed by atoms with Crippen LogP contribution >= 0.6 is 0 Å². The van der Waals surface area contributed by atoms with Gasteiger partial charge in [-0.15, -0.1) is 0 Å². The highest BCUT2D eigenvalue weighted by Crippen LogP contribution is 1.73. The van der Waals surface area contributed by atoms with Crippen LogP contribution in [-0.2, 0) is 19.2 Å². The van der Waals surface area contributed by atoms with Gasteiger partial charge in [0.25, 0.3) is 5.97 Å². The predicted octanol–water partition coefficient (Wildman–Crippen LogP) is -0.797. The Morgan fingerprint density at radius 2 is 1.06 bits per heavy atom. The highest BCUT2D eigenvalue weighted by atomic mass is 16.4. The molecule has 94 valence electrons. The number of rotatable bonds is 2. The minimum atomic E-state index is -1.38. The van der Waals surface area contributed by atoms with E-state index >= 15 is 0 Å². The minimum absolute atomic E-state index is 0.824. The molecule has 1 atom stereocenters. The first-order valence-corrected chi connectivity index (χ1v) is 3.86. The molecule has 0 saturated carbocycles. The van der Waals surface area contributed by atoms with E-state index in [-0.39, 0.29) is 0 Å². The van der Waals surface area contributed by atoms with Crippen LogP contribution in [0.25, 0.3) is 0 Å². The van der Waals surface area contributed by atoms with Crippen LogP contribution < -0.4 is 0 Å². The fraction of sp³-hybridized carbons (Fsp3) is 0.500. The molecule has 0 heterocycles. The number of carboxylic acids is 3. The smallest absolute Gasteiger partial charge is 0.371 e. The van der Waals surface area contributed by atoms with E-state index in [9.17, 15) is 14.4 Å². The first kappa shape index (κ1) is 19.6. The maximum Gasteiger partial charge on any atom is 0.371 e. The van der Waals surface area contributed by atoms with Crippen molar-refractivity contribution in [3.05, 3.63) is 0 Å². The third-order valence-electron chi connectivity index (χ3n) is 0.659. The van der Waals surface area contributed by atoms with Crippen molar-refractivity contribution in [2.75, 3.05) is 0 Å².